The molecular formula is C18H18N2O2S2. The van der Waals surface area contributed by atoms with Crippen LogP contribution in [0.15, 0.2) is 41.8 Å². The Balaban J connectivity index is 1.62. The second kappa shape index (κ2) is 7.70. The molecule has 124 valence electrons. The highest BCUT2D eigenvalue weighted by Crippen LogP contribution is 2.28. The summed E-state index contributed by atoms with van der Waals surface area (Å²) in [4.78, 5) is 19.0. The molecule has 1 amide bonds. The molecule has 3 aromatic rings. The lowest BCUT2D eigenvalue weighted by Crippen LogP contribution is -2.22. The predicted octanol–water partition coefficient (Wildman–Crippen LogP) is 4.26. The largest absolute Gasteiger partial charge is 0.380 e. The summed E-state index contributed by atoms with van der Waals surface area (Å²) >= 11 is 3.30. The number of nitrogens with one attached hydrogen (secondary N) is 1. The van der Waals surface area contributed by atoms with Gasteiger partial charge in [-0.05, 0) is 36.8 Å². The van der Waals surface area contributed by atoms with Crippen molar-refractivity contribution < 1.29 is 9.53 Å². The molecule has 0 saturated heterocycles. The summed E-state index contributed by atoms with van der Waals surface area (Å²) in [5.74, 6) is -0.0765. The van der Waals surface area contributed by atoms with E-state index >= 15 is 0 Å². The molecule has 0 aliphatic heterocycles. The average molecular weight is 358 g/mol. The second-order valence-electron chi connectivity index (χ2n) is 5.33. The van der Waals surface area contributed by atoms with Crippen molar-refractivity contribution in [1.29, 1.82) is 0 Å². The number of carbonyl (C=O) groups is 1. The summed E-state index contributed by atoms with van der Waals surface area (Å²) in [6, 6.07) is 11.6. The molecule has 0 atom stereocenters. The monoisotopic (exact) mass is 358 g/mol. The molecule has 6 heteroatoms. The zero-order chi connectivity index (χ0) is 16.9. The van der Waals surface area contributed by atoms with Gasteiger partial charge in [0.05, 0.1) is 28.7 Å². The van der Waals surface area contributed by atoms with Crippen LogP contribution < -0.4 is 5.32 Å². The molecule has 0 radical (unpaired) electrons. The Morgan fingerprint density at radius 3 is 2.92 bits per heavy atom. The minimum Gasteiger partial charge on any atom is -0.380 e. The Kier molecular flexibility index (Phi) is 5.40. The van der Waals surface area contributed by atoms with E-state index in [9.17, 15) is 4.79 Å². The average Bonchev–Trinajstić information content (AvgIpc) is 3.22. The third kappa shape index (κ3) is 4.08. The number of hydrogen-bond donors (Lipinski definition) is 1. The van der Waals surface area contributed by atoms with Crippen LogP contribution in [-0.4, -0.2) is 18.0 Å². The fourth-order valence-electron chi connectivity index (χ4n) is 2.33. The van der Waals surface area contributed by atoms with Gasteiger partial charge in [0.25, 0.3) is 5.91 Å². The van der Waals surface area contributed by atoms with E-state index in [0.717, 1.165) is 26.0 Å². The van der Waals surface area contributed by atoms with Crippen molar-refractivity contribution in [2.45, 2.75) is 20.1 Å². The van der Waals surface area contributed by atoms with Gasteiger partial charge in [0, 0.05) is 22.9 Å². The standard InChI is InChI=1S/C18H18N2O2S2/c1-12-20-16(11-23-12)17-7-6-15(24-17)9-19-18(21)14-5-3-4-13(8-14)10-22-2/h3-8,11H,9-10H2,1-2H3,(H,19,21). The van der Waals surface area contributed by atoms with Gasteiger partial charge in [-0.25, -0.2) is 4.98 Å². The number of amides is 1. The van der Waals surface area contributed by atoms with E-state index in [1.807, 2.05) is 37.3 Å². The van der Waals surface area contributed by atoms with E-state index < -0.39 is 0 Å². The highest BCUT2D eigenvalue weighted by atomic mass is 32.1. The third-order valence-corrected chi connectivity index (χ3v) is 5.34. The number of methoxy groups -OCH3 is 1. The Hall–Kier alpha value is -2.02. The van der Waals surface area contributed by atoms with Crippen LogP contribution in [0.1, 0.15) is 25.8 Å². The van der Waals surface area contributed by atoms with Crippen LogP contribution in [-0.2, 0) is 17.9 Å². The molecule has 2 aromatic heterocycles. The maximum Gasteiger partial charge on any atom is 0.251 e. The number of thiophene rings is 1. The molecule has 1 N–H and O–H groups in total. The van der Waals surface area contributed by atoms with E-state index in [1.165, 1.54) is 0 Å². The fraction of sp³-hybridized carbons (Fsp3) is 0.222. The van der Waals surface area contributed by atoms with Crippen LogP contribution in [0.3, 0.4) is 0 Å². The van der Waals surface area contributed by atoms with E-state index in [1.54, 1.807) is 29.8 Å². The molecule has 4 nitrogen and oxygen atoms in total. The molecule has 0 spiro atoms. The highest BCUT2D eigenvalue weighted by Gasteiger charge is 2.09. The number of benzene rings is 1. The van der Waals surface area contributed by atoms with Gasteiger partial charge in [-0.15, -0.1) is 22.7 Å². The number of thiazole rings is 1. The summed E-state index contributed by atoms with van der Waals surface area (Å²) < 4.78 is 5.10. The van der Waals surface area contributed by atoms with Gasteiger partial charge in [0.15, 0.2) is 0 Å². The van der Waals surface area contributed by atoms with E-state index in [2.05, 4.69) is 21.7 Å². The first-order chi connectivity index (χ1) is 11.7. The Morgan fingerprint density at radius 1 is 1.29 bits per heavy atom. The van der Waals surface area contributed by atoms with Crippen LogP contribution in [0.25, 0.3) is 10.6 Å². The van der Waals surface area contributed by atoms with Crippen LogP contribution in [0.2, 0.25) is 0 Å². The van der Waals surface area contributed by atoms with Crippen molar-refractivity contribution in [3.63, 3.8) is 0 Å². The lowest BCUT2D eigenvalue weighted by molar-refractivity contribution is 0.0951. The molecule has 2 heterocycles. The lowest BCUT2D eigenvalue weighted by Gasteiger charge is -2.06. The van der Waals surface area contributed by atoms with E-state index in [-0.39, 0.29) is 5.91 Å². The first-order valence-corrected chi connectivity index (χ1v) is 9.22. The summed E-state index contributed by atoms with van der Waals surface area (Å²) in [5, 5.41) is 6.09. The molecule has 24 heavy (non-hydrogen) atoms. The quantitative estimate of drug-likeness (QED) is 0.716. The normalized spacial score (nSPS) is 10.8. The smallest absolute Gasteiger partial charge is 0.251 e. The van der Waals surface area contributed by atoms with Crippen LogP contribution in [0.5, 0.6) is 0 Å². The summed E-state index contributed by atoms with van der Waals surface area (Å²) in [6.07, 6.45) is 0. The SMILES string of the molecule is COCc1cccc(C(=O)NCc2ccc(-c3csc(C)n3)s2)c1. The van der Waals surface area contributed by atoms with E-state index in [4.69, 9.17) is 4.74 Å². The van der Waals surface area contributed by atoms with Gasteiger partial charge >= 0.3 is 0 Å². The number of rotatable bonds is 6. The molecule has 0 bridgehead atoms. The Labute approximate surface area is 149 Å². The van der Waals surface area contributed by atoms with Crippen molar-refractivity contribution in [1.82, 2.24) is 10.3 Å². The van der Waals surface area contributed by atoms with Crippen molar-refractivity contribution >= 4 is 28.6 Å². The van der Waals surface area contributed by atoms with Crippen molar-refractivity contribution in [2.75, 3.05) is 7.11 Å². The van der Waals surface area contributed by atoms with Crippen LogP contribution >= 0.6 is 22.7 Å². The van der Waals surface area contributed by atoms with Gasteiger partial charge in [-0.2, -0.15) is 0 Å². The molecule has 3 rings (SSSR count). The number of carbonyl (C=O) groups excluding carboxylic acids is 1. The minimum atomic E-state index is -0.0765. The molecule has 0 aliphatic carbocycles. The van der Waals surface area contributed by atoms with Crippen molar-refractivity contribution in [2.24, 2.45) is 0 Å². The Bertz CT molecular complexity index is 839. The van der Waals surface area contributed by atoms with Crippen LogP contribution in [0.4, 0.5) is 0 Å². The first kappa shape index (κ1) is 16.8. The number of hydrogen-bond acceptors (Lipinski definition) is 5. The number of aryl methyl sites for hydroxylation is 1. The van der Waals surface area contributed by atoms with Gasteiger partial charge < -0.3 is 10.1 Å². The van der Waals surface area contributed by atoms with Crippen molar-refractivity contribution in [3.05, 3.63) is 62.8 Å². The molecule has 0 saturated carbocycles. The first-order valence-electron chi connectivity index (χ1n) is 7.53. The topological polar surface area (TPSA) is 51.2 Å². The summed E-state index contributed by atoms with van der Waals surface area (Å²) in [7, 11) is 1.64. The second-order valence-corrected chi connectivity index (χ2v) is 7.56. The molecule has 0 fully saturated rings. The zero-order valence-electron chi connectivity index (χ0n) is 13.5. The number of aromatic nitrogens is 1. The van der Waals surface area contributed by atoms with E-state index in [0.29, 0.717) is 18.7 Å². The zero-order valence-corrected chi connectivity index (χ0v) is 15.2. The maximum absolute atomic E-state index is 12.3. The van der Waals surface area contributed by atoms with Gasteiger partial charge in [-0.3, -0.25) is 4.79 Å². The van der Waals surface area contributed by atoms with Gasteiger partial charge in [0.2, 0.25) is 0 Å². The Morgan fingerprint density at radius 2 is 2.17 bits per heavy atom. The lowest BCUT2D eigenvalue weighted by atomic mass is 10.1. The molecular weight excluding hydrogens is 340 g/mol. The summed E-state index contributed by atoms with van der Waals surface area (Å²) in [5.41, 5.74) is 2.64. The number of ether oxygens (including phenoxy) is 1. The highest BCUT2D eigenvalue weighted by molar-refractivity contribution is 7.16. The van der Waals surface area contributed by atoms with Crippen molar-refractivity contribution in [3.8, 4) is 10.6 Å². The minimum absolute atomic E-state index is 0.0765. The van der Waals surface area contributed by atoms with Crippen LogP contribution in [0, 0.1) is 6.92 Å². The maximum atomic E-state index is 12.3. The summed E-state index contributed by atoms with van der Waals surface area (Å²) in [6.45, 7) is 3.02. The number of nitrogens with zero attached hydrogens (tertiary/aromatic N) is 1. The molecule has 1 aromatic carbocycles. The van der Waals surface area contributed by atoms with Gasteiger partial charge in [-0.1, -0.05) is 12.1 Å². The molecule has 0 unspecified atom stereocenters. The molecule has 0 aliphatic rings. The van der Waals surface area contributed by atoms with Gasteiger partial charge in [0.1, 0.15) is 0 Å². The fourth-order valence-corrected chi connectivity index (χ4v) is 3.92. The third-order valence-electron chi connectivity index (χ3n) is 3.46. The predicted molar refractivity (Wildman–Crippen MR) is 98.5 cm³/mol.